The zero-order valence-electron chi connectivity index (χ0n) is 41.0. The van der Waals surface area contributed by atoms with E-state index in [0.29, 0.717) is 64.3 Å². The summed E-state index contributed by atoms with van der Waals surface area (Å²) in [6.45, 7) is 21.3. The van der Waals surface area contributed by atoms with E-state index in [4.69, 9.17) is 20.0 Å². The highest BCUT2D eigenvalue weighted by Gasteiger charge is 2.45. The van der Waals surface area contributed by atoms with E-state index in [0.717, 1.165) is 11.4 Å². The van der Waals surface area contributed by atoms with Gasteiger partial charge in [0.1, 0.15) is 9.79 Å². The Morgan fingerprint density at radius 2 is 0.786 bits per heavy atom. The lowest BCUT2D eigenvalue weighted by molar-refractivity contribution is -0.0575. The molecule has 0 fully saturated rings. The molecule has 0 saturated heterocycles. The maximum Gasteiger partial charge on any atom is 0.295 e. The summed E-state index contributed by atoms with van der Waals surface area (Å²) < 4.78 is 73.2. The van der Waals surface area contributed by atoms with E-state index >= 15 is 0 Å². The Hall–Kier alpha value is -6.24. The number of rotatable bonds is 20. The number of hydrogen-bond donors (Lipinski definition) is 8. The molecule has 0 atom stereocenters. The molecule has 2 aliphatic rings. The zero-order chi connectivity index (χ0) is 50.7. The first-order chi connectivity index (χ1) is 33.5. The fraction of sp³-hybridized carbons (Fsp3) is 0.375. The van der Waals surface area contributed by atoms with Crippen molar-refractivity contribution >= 4 is 79.0 Å². The summed E-state index contributed by atoms with van der Waals surface area (Å²) in [6, 6.07) is 27.6. The minimum absolute atomic E-state index is 0.0337. The van der Waals surface area contributed by atoms with Crippen molar-refractivity contribution in [2.75, 3.05) is 73.6 Å². The Morgan fingerprint density at radius 3 is 1.07 bits per heavy atom. The van der Waals surface area contributed by atoms with Crippen LogP contribution in [0.4, 0.5) is 22.7 Å². The number of para-hydroxylation sites is 2. The third-order valence-electron chi connectivity index (χ3n) is 12.0. The van der Waals surface area contributed by atoms with Crippen LogP contribution < -0.4 is 31.9 Å². The van der Waals surface area contributed by atoms with Crippen LogP contribution in [-0.4, -0.2) is 134 Å². The van der Waals surface area contributed by atoms with Gasteiger partial charge in [-0.1, -0.05) is 116 Å². The van der Waals surface area contributed by atoms with Gasteiger partial charge in [0.2, 0.25) is 23.8 Å². The van der Waals surface area contributed by atoms with Crippen LogP contribution in [0, 0.1) is 0 Å². The second kappa shape index (κ2) is 23.1. The molecule has 0 aromatic heterocycles. The third-order valence-corrected chi connectivity index (χ3v) is 13.8. The topological polar surface area (TPSA) is 243 Å². The Balaban J connectivity index is 1.34. The lowest BCUT2D eigenvalue weighted by Gasteiger charge is -2.48. The first kappa shape index (κ1) is 53.1. The molecule has 0 unspecified atom stereocenters. The normalized spacial score (nSPS) is 15.8. The van der Waals surface area contributed by atoms with E-state index in [1.165, 1.54) is 36.4 Å². The van der Waals surface area contributed by atoms with E-state index in [9.17, 15) is 25.9 Å². The molecule has 0 amide bonds. The van der Waals surface area contributed by atoms with Gasteiger partial charge in [-0.2, -0.15) is 36.8 Å². The van der Waals surface area contributed by atoms with Gasteiger partial charge in [-0.25, -0.2) is 19.6 Å². The van der Waals surface area contributed by atoms with Crippen LogP contribution in [0.1, 0.15) is 66.5 Å². The molecular weight excluding hydrogens is 933 g/mol. The highest BCUT2D eigenvalue weighted by atomic mass is 32.2. The monoisotopic (exact) mass is 998 g/mol. The van der Waals surface area contributed by atoms with Crippen molar-refractivity contribution in [1.29, 1.82) is 0 Å². The van der Waals surface area contributed by atoms with Crippen molar-refractivity contribution in [2.45, 2.75) is 77.0 Å². The second-order valence-corrected chi connectivity index (χ2v) is 18.8. The van der Waals surface area contributed by atoms with Gasteiger partial charge in [0.25, 0.3) is 32.1 Å². The number of hydrogen-bond acceptors (Lipinski definition) is 18. The summed E-state index contributed by atoms with van der Waals surface area (Å²) in [4.78, 5) is 27.3. The lowest BCUT2D eigenvalue weighted by Crippen LogP contribution is -2.71. The summed E-state index contributed by atoms with van der Waals surface area (Å²) >= 11 is 0. The predicted octanol–water partition coefficient (Wildman–Crippen LogP) is 6.62. The summed E-state index contributed by atoms with van der Waals surface area (Å²) in [7, 11) is -9.72. The summed E-state index contributed by atoms with van der Waals surface area (Å²) in [5.41, 5.74) is 2.11. The highest BCUT2D eigenvalue weighted by Crippen LogP contribution is 2.30. The van der Waals surface area contributed by atoms with Crippen molar-refractivity contribution in [1.82, 2.24) is 30.2 Å². The molecule has 0 spiro atoms. The molecule has 6 rings (SSSR count). The van der Waals surface area contributed by atoms with Crippen LogP contribution in [0.2, 0.25) is 0 Å². The number of guanidine groups is 4. The van der Waals surface area contributed by atoms with Gasteiger partial charge < -0.3 is 31.9 Å². The molecule has 0 saturated carbocycles. The van der Waals surface area contributed by atoms with Gasteiger partial charge in [-0.3, -0.25) is 9.11 Å². The Morgan fingerprint density at radius 1 is 0.471 bits per heavy atom. The van der Waals surface area contributed by atoms with E-state index in [-0.39, 0.29) is 34.4 Å². The quantitative estimate of drug-likeness (QED) is 0.0264. The van der Waals surface area contributed by atoms with Gasteiger partial charge >= 0.3 is 0 Å². The van der Waals surface area contributed by atoms with Crippen molar-refractivity contribution < 1.29 is 25.9 Å². The van der Waals surface area contributed by atoms with Crippen molar-refractivity contribution in [3.8, 4) is 0 Å². The van der Waals surface area contributed by atoms with Crippen molar-refractivity contribution in [3.05, 3.63) is 108 Å². The maximum atomic E-state index is 13.0. The summed E-state index contributed by atoms with van der Waals surface area (Å²) in [5, 5.41) is 19.9. The van der Waals surface area contributed by atoms with Gasteiger partial charge in [-0.15, -0.1) is 0 Å². The summed E-state index contributed by atoms with van der Waals surface area (Å²) in [5.74, 6) is -1.08. The molecule has 0 bridgehead atoms. The fourth-order valence-electron chi connectivity index (χ4n) is 8.57. The standard InChI is InChI=1S/C48H66N14O6S2/c1-9-59(10-2)47(60(11-3)12-4)55-43(49-37-23-19-17-20-24-37)53-45(57-47)51-39-31-29-35(41(33-39)69(63,64)65)27-28-36-30-32-40(34-42(36)70(66,67)68)52-46-54-44(50-38-25-21-18-22-26-38)56-48(58-46,61(13-5)14-6)62(15-7)16-8/h17-34H,9-16H2,1-8H3,(H,63,64,65)(H,66,67,68)(H3,49,51,53,55,57)(H3,50,52,54,56,58). The van der Waals surface area contributed by atoms with E-state index in [1.807, 2.05) is 116 Å². The molecule has 0 aliphatic carbocycles. The molecule has 376 valence electrons. The Bertz CT molecular complexity index is 2590. The molecule has 20 nitrogen and oxygen atoms in total. The fourth-order valence-corrected chi connectivity index (χ4v) is 9.99. The maximum absolute atomic E-state index is 13.0. The van der Waals surface area contributed by atoms with Crippen LogP contribution in [0.25, 0.3) is 12.2 Å². The Kier molecular flexibility index (Phi) is 17.5. The third kappa shape index (κ3) is 12.2. The average Bonchev–Trinajstić information content (AvgIpc) is 3.33. The molecule has 22 heteroatoms. The van der Waals surface area contributed by atoms with Crippen LogP contribution in [0.5, 0.6) is 0 Å². The first-order valence-corrected chi connectivity index (χ1v) is 26.4. The molecule has 4 aromatic carbocycles. The number of aliphatic imine (C=N–C) groups is 4. The minimum Gasteiger partial charge on any atom is -0.326 e. The SMILES string of the molecule is CCN(CC)C1(N(CC)CC)N=C(Nc2ccccc2)N=C(Nc2ccc(C=Cc3ccc(NC4=NC(Nc5ccccc5)=NC(N(CC)CC)(N(CC)CC)N4)cc3S(=O)(=O)O)c(S(=O)(=O)O)c2)N1. The molecule has 0 radical (unpaired) electrons. The molecule has 2 aliphatic heterocycles. The smallest absolute Gasteiger partial charge is 0.295 e. The van der Waals surface area contributed by atoms with Gasteiger partial charge in [0.15, 0.2) is 0 Å². The van der Waals surface area contributed by atoms with Crippen LogP contribution in [0.15, 0.2) is 127 Å². The highest BCUT2D eigenvalue weighted by molar-refractivity contribution is 7.86. The minimum atomic E-state index is -4.86. The summed E-state index contributed by atoms with van der Waals surface area (Å²) in [6.07, 6.45) is 2.68. The van der Waals surface area contributed by atoms with Crippen LogP contribution >= 0.6 is 0 Å². The largest absolute Gasteiger partial charge is 0.326 e. The lowest BCUT2D eigenvalue weighted by atomic mass is 10.1. The van der Waals surface area contributed by atoms with Gasteiger partial charge in [0.05, 0.1) is 0 Å². The average molecular weight is 999 g/mol. The number of nitrogens with one attached hydrogen (secondary N) is 6. The van der Waals surface area contributed by atoms with E-state index in [1.54, 1.807) is 12.1 Å². The molecule has 4 aromatic rings. The van der Waals surface area contributed by atoms with Crippen molar-refractivity contribution in [2.24, 2.45) is 20.0 Å². The number of anilines is 4. The number of nitrogens with zero attached hydrogens (tertiary/aromatic N) is 8. The van der Waals surface area contributed by atoms with Crippen LogP contribution in [-0.2, 0) is 20.2 Å². The molecule has 2 heterocycles. The predicted molar refractivity (Wildman–Crippen MR) is 282 cm³/mol. The molecular formula is C48H66N14O6S2. The second-order valence-electron chi connectivity index (χ2n) is 16.0. The molecule has 70 heavy (non-hydrogen) atoms. The van der Waals surface area contributed by atoms with Crippen molar-refractivity contribution in [3.63, 3.8) is 0 Å². The van der Waals surface area contributed by atoms with Crippen LogP contribution in [0.3, 0.4) is 0 Å². The van der Waals surface area contributed by atoms with Gasteiger partial charge in [0, 0.05) is 75.1 Å². The Labute approximate surface area is 412 Å². The first-order valence-electron chi connectivity index (χ1n) is 23.5. The zero-order valence-corrected chi connectivity index (χ0v) is 42.6. The van der Waals surface area contributed by atoms with E-state index < -0.39 is 41.8 Å². The van der Waals surface area contributed by atoms with E-state index in [2.05, 4.69) is 51.5 Å². The molecule has 8 N–H and O–H groups in total. The van der Waals surface area contributed by atoms with Gasteiger partial charge in [-0.05, 0) is 59.7 Å². The number of benzene rings is 4.